The van der Waals surface area contributed by atoms with Crippen LogP contribution in [0.5, 0.6) is 0 Å². The predicted molar refractivity (Wildman–Crippen MR) is 56.8 cm³/mol. The van der Waals surface area contributed by atoms with Crippen LogP contribution in [0.15, 0.2) is 0 Å². The summed E-state index contributed by atoms with van der Waals surface area (Å²) in [5, 5.41) is 3.25. The molecule has 0 aliphatic carbocycles. The summed E-state index contributed by atoms with van der Waals surface area (Å²) >= 11 is 0. The second kappa shape index (κ2) is 7.07. The number of Topliss-reactive ketones (excluding diaryl/α,β-unsaturated/α-hetero) is 1. The molecule has 0 aromatic heterocycles. The van der Waals surface area contributed by atoms with Crippen molar-refractivity contribution in [3.8, 4) is 0 Å². The van der Waals surface area contributed by atoms with Gasteiger partial charge < -0.3 is 5.32 Å². The number of carbonyl (C=O) groups excluding carboxylic acids is 1. The van der Waals surface area contributed by atoms with E-state index in [2.05, 4.69) is 5.32 Å². The van der Waals surface area contributed by atoms with Crippen molar-refractivity contribution in [1.82, 2.24) is 5.32 Å². The fraction of sp³-hybridized carbons (Fsp3) is 0.909. The number of carbonyl (C=O) groups is 1. The molecule has 0 amide bonds. The Hall–Kier alpha value is -0.370. The highest BCUT2D eigenvalue weighted by Gasteiger charge is 2.22. The van der Waals surface area contributed by atoms with E-state index in [9.17, 15) is 4.79 Å². The zero-order chi connectivity index (χ0) is 10.3. The molecule has 1 atom stereocenters. The van der Waals surface area contributed by atoms with Gasteiger partial charge in [0.2, 0.25) is 0 Å². The summed E-state index contributed by atoms with van der Waals surface area (Å²) in [7, 11) is 0. The van der Waals surface area contributed by atoms with E-state index in [1.165, 1.54) is 0 Å². The standard InChI is InChI=1S/C9H17NO.C2H6/c1-7(2)9(11)8-4-3-5-10-6-8;1-2/h7-8,10H,3-6H2,1-2H3;1-2H3. The Balaban J connectivity index is 0.000000671. The number of ketones is 1. The lowest BCUT2D eigenvalue weighted by atomic mass is 9.89. The summed E-state index contributed by atoms with van der Waals surface area (Å²) in [5.74, 6) is 0.931. The summed E-state index contributed by atoms with van der Waals surface area (Å²) in [6.45, 7) is 9.95. The van der Waals surface area contributed by atoms with Crippen LogP contribution in [0.3, 0.4) is 0 Å². The molecule has 1 saturated heterocycles. The van der Waals surface area contributed by atoms with E-state index in [0.717, 1.165) is 25.9 Å². The molecule has 0 radical (unpaired) electrons. The molecule has 0 saturated carbocycles. The molecule has 1 N–H and O–H groups in total. The lowest BCUT2D eigenvalue weighted by Crippen LogP contribution is -2.36. The topological polar surface area (TPSA) is 29.1 Å². The number of piperidine rings is 1. The highest BCUT2D eigenvalue weighted by molar-refractivity contribution is 5.83. The Kier molecular flexibility index (Phi) is 6.87. The molecular weight excluding hydrogens is 162 g/mol. The number of nitrogens with one attached hydrogen (secondary N) is 1. The molecule has 1 fully saturated rings. The smallest absolute Gasteiger partial charge is 0.139 e. The molecule has 1 aliphatic heterocycles. The average molecular weight is 185 g/mol. The van der Waals surface area contributed by atoms with Gasteiger partial charge in [-0.15, -0.1) is 0 Å². The predicted octanol–water partition coefficient (Wildman–Crippen LogP) is 2.24. The van der Waals surface area contributed by atoms with Gasteiger partial charge in [0.1, 0.15) is 5.78 Å². The third kappa shape index (κ3) is 4.41. The molecule has 0 aromatic rings. The van der Waals surface area contributed by atoms with Gasteiger partial charge in [-0.1, -0.05) is 27.7 Å². The molecule has 1 aliphatic rings. The average Bonchev–Trinajstić information content (AvgIpc) is 2.21. The maximum atomic E-state index is 11.5. The molecule has 0 aromatic carbocycles. The van der Waals surface area contributed by atoms with Crippen molar-refractivity contribution in [2.24, 2.45) is 11.8 Å². The molecule has 1 heterocycles. The minimum atomic E-state index is 0.208. The van der Waals surface area contributed by atoms with E-state index < -0.39 is 0 Å². The first-order chi connectivity index (χ1) is 6.22. The van der Waals surface area contributed by atoms with Gasteiger partial charge in [-0.2, -0.15) is 0 Å². The van der Waals surface area contributed by atoms with Crippen LogP contribution < -0.4 is 5.32 Å². The Morgan fingerprint density at radius 2 is 2.00 bits per heavy atom. The van der Waals surface area contributed by atoms with Gasteiger partial charge in [-0.3, -0.25) is 4.79 Å². The van der Waals surface area contributed by atoms with Crippen molar-refractivity contribution < 1.29 is 4.79 Å². The lowest BCUT2D eigenvalue weighted by Gasteiger charge is -2.22. The summed E-state index contributed by atoms with van der Waals surface area (Å²) in [6, 6.07) is 0. The van der Waals surface area contributed by atoms with Crippen LogP contribution in [0.1, 0.15) is 40.5 Å². The van der Waals surface area contributed by atoms with E-state index in [0.29, 0.717) is 11.7 Å². The van der Waals surface area contributed by atoms with Crippen LogP contribution in [-0.2, 0) is 4.79 Å². The number of hydrogen-bond acceptors (Lipinski definition) is 2. The monoisotopic (exact) mass is 185 g/mol. The number of rotatable bonds is 2. The summed E-state index contributed by atoms with van der Waals surface area (Å²) in [4.78, 5) is 11.5. The second-order valence-corrected chi connectivity index (χ2v) is 3.60. The van der Waals surface area contributed by atoms with Crippen LogP contribution in [0.25, 0.3) is 0 Å². The van der Waals surface area contributed by atoms with E-state index in [4.69, 9.17) is 0 Å². The minimum absolute atomic E-state index is 0.208. The van der Waals surface area contributed by atoms with Crippen molar-refractivity contribution in [3.05, 3.63) is 0 Å². The van der Waals surface area contributed by atoms with Gasteiger partial charge in [0, 0.05) is 18.4 Å². The fourth-order valence-corrected chi connectivity index (χ4v) is 1.57. The maximum Gasteiger partial charge on any atom is 0.139 e. The fourth-order valence-electron chi connectivity index (χ4n) is 1.57. The van der Waals surface area contributed by atoms with E-state index in [1.54, 1.807) is 0 Å². The van der Waals surface area contributed by atoms with Crippen molar-refractivity contribution in [3.63, 3.8) is 0 Å². The molecule has 0 bridgehead atoms. The largest absolute Gasteiger partial charge is 0.316 e. The quantitative estimate of drug-likeness (QED) is 0.715. The van der Waals surface area contributed by atoms with Crippen LogP contribution in [0.4, 0.5) is 0 Å². The molecule has 1 unspecified atom stereocenters. The Morgan fingerprint density at radius 3 is 2.38 bits per heavy atom. The molecule has 0 spiro atoms. The Labute approximate surface area is 82.1 Å². The van der Waals surface area contributed by atoms with Crippen LogP contribution in [0, 0.1) is 11.8 Å². The van der Waals surface area contributed by atoms with Gasteiger partial charge in [0.15, 0.2) is 0 Å². The summed E-state index contributed by atoms with van der Waals surface area (Å²) < 4.78 is 0. The van der Waals surface area contributed by atoms with Crippen molar-refractivity contribution >= 4 is 5.78 Å². The third-order valence-electron chi connectivity index (χ3n) is 2.27. The van der Waals surface area contributed by atoms with Gasteiger partial charge in [-0.25, -0.2) is 0 Å². The zero-order valence-corrected chi connectivity index (χ0v) is 9.39. The van der Waals surface area contributed by atoms with Gasteiger partial charge in [0.05, 0.1) is 0 Å². The summed E-state index contributed by atoms with van der Waals surface area (Å²) in [6.07, 6.45) is 2.24. The highest BCUT2D eigenvalue weighted by atomic mass is 16.1. The molecule has 78 valence electrons. The molecular formula is C11H23NO. The second-order valence-electron chi connectivity index (χ2n) is 3.60. The zero-order valence-electron chi connectivity index (χ0n) is 9.39. The van der Waals surface area contributed by atoms with Crippen LogP contribution >= 0.6 is 0 Å². The van der Waals surface area contributed by atoms with E-state index >= 15 is 0 Å². The van der Waals surface area contributed by atoms with Gasteiger partial charge in [0.25, 0.3) is 0 Å². The molecule has 13 heavy (non-hydrogen) atoms. The number of hydrogen-bond donors (Lipinski definition) is 1. The molecule has 2 heteroatoms. The third-order valence-corrected chi connectivity index (χ3v) is 2.27. The molecule has 2 nitrogen and oxygen atoms in total. The normalized spacial score (nSPS) is 22.1. The SMILES string of the molecule is CC.CC(C)C(=O)C1CCCNC1. The van der Waals surface area contributed by atoms with E-state index in [1.807, 2.05) is 27.7 Å². The van der Waals surface area contributed by atoms with E-state index in [-0.39, 0.29) is 5.92 Å². The summed E-state index contributed by atoms with van der Waals surface area (Å²) in [5.41, 5.74) is 0. The first-order valence-corrected chi connectivity index (χ1v) is 5.46. The first kappa shape index (κ1) is 12.6. The Morgan fingerprint density at radius 1 is 1.38 bits per heavy atom. The Bertz CT molecular complexity index is 137. The van der Waals surface area contributed by atoms with Crippen LogP contribution in [0.2, 0.25) is 0 Å². The van der Waals surface area contributed by atoms with Gasteiger partial charge in [-0.05, 0) is 19.4 Å². The van der Waals surface area contributed by atoms with Gasteiger partial charge >= 0.3 is 0 Å². The maximum absolute atomic E-state index is 11.5. The highest BCUT2D eigenvalue weighted by Crippen LogP contribution is 2.14. The first-order valence-electron chi connectivity index (χ1n) is 5.46. The van der Waals surface area contributed by atoms with Crippen LogP contribution in [-0.4, -0.2) is 18.9 Å². The van der Waals surface area contributed by atoms with Crippen molar-refractivity contribution in [2.45, 2.75) is 40.5 Å². The van der Waals surface area contributed by atoms with Crippen molar-refractivity contribution in [1.29, 1.82) is 0 Å². The molecule has 1 rings (SSSR count). The lowest BCUT2D eigenvalue weighted by molar-refractivity contribution is -0.126. The minimum Gasteiger partial charge on any atom is -0.316 e. The van der Waals surface area contributed by atoms with Crippen molar-refractivity contribution in [2.75, 3.05) is 13.1 Å².